The lowest BCUT2D eigenvalue weighted by atomic mass is 9.87. The van der Waals surface area contributed by atoms with E-state index in [0.717, 1.165) is 10.0 Å². The Hall–Kier alpha value is -2.47. The summed E-state index contributed by atoms with van der Waals surface area (Å²) < 4.78 is 2.16. The predicted octanol–water partition coefficient (Wildman–Crippen LogP) is 4.12. The average Bonchev–Trinajstić information content (AvgIpc) is 2.64. The molecule has 28 heavy (non-hydrogen) atoms. The van der Waals surface area contributed by atoms with Gasteiger partial charge in [-0.05, 0) is 34.7 Å². The zero-order chi connectivity index (χ0) is 20.5. The van der Waals surface area contributed by atoms with Gasteiger partial charge in [-0.1, -0.05) is 61.0 Å². The van der Waals surface area contributed by atoms with Crippen LogP contribution in [0, 0.1) is 0 Å². The molecular weight excluding hydrogens is 418 g/mol. The zero-order valence-electron chi connectivity index (χ0n) is 16.6. The monoisotopic (exact) mass is 441 g/mol. The maximum Gasteiger partial charge on any atom is 0.261 e. The van der Waals surface area contributed by atoms with E-state index in [1.165, 1.54) is 16.5 Å². The summed E-state index contributed by atoms with van der Waals surface area (Å²) in [6, 6.07) is 13.6. The smallest absolute Gasteiger partial charge is 0.261 e. The molecule has 1 aromatic heterocycles. The first kappa shape index (κ1) is 20.3. The molecule has 1 amide bonds. The van der Waals surface area contributed by atoms with Crippen LogP contribution < -0.4 is 5.56 Å². The number of hydrogen-bond acceptors (Lipinski definition) is 3. The summed E-state index contributed by atoms with van der Waals surface area (Å²) in [5, 5.41) is 0.491. The molecule has 0 atom stereocenters. The van der Waals surface area contributed by atoms with Gasteiger partial charge < -0.3 is 4.90 Å². The van der Waals surface area contributed by atoms with E-state index in [-0.39, 0.29) is 23.4 Å². The molecule has 146 valence electrons. The minimum absolute atomic E-state index is 0.0368. The highest BCUT2D eigenvalue weighted by Crippen LogP contribution is 2.22. The second kappa shape index (κ2) is 7.87. The molecule has 0 N–H and O–H groups in total. The van der Waals surface area contributed by atoms with Crippen molar-refractivity contribution in [2.45, 2.75) is 39.3 Å². The molecular formula is C22H24BrN3O2. The van der Waals surface area contributed by atoms with E-state index in [2.05, 4.69) is 53.8 Å². The number of halogens is 1. The Morgan fingerprint density at radius 1 is 1.14 bits per heavy atom. The molecule has 0 bridgehead atoms. The van der Waals surface area contributed by atoms with E-state index in [1.54, 1.807) is 24.1 Å². The Morgan fingerprint density at radius 2 is 1.82 bits per heavy atom. The summed E-state index contributed by atoms with van der Waals surface area (Å²) in [6.07, 6.45) is 1.43. The molecule has 2 aromatic carbocycles. The average molecular weight is 442 g/mol. The lowest BCUT2D eigenvalue weighted by Crippen LogP contribution is -2.33. The summed E-state index contributed by atoms with van der Waals surface area (Å²) in [7, 11) is 1.75. The fraction of sp³-hybridized carbons (Fsp3) is 0.318. The number of amides is 1. The molecule has 0 saturated heterocycles. The van der Waals surface area contributed by atoms with Crippen LogP contribution >= 0.6 is 15.9 Å². The SMILES string of the molecule is CN(Cc1ccc(C(C)(C)C)cc1)C(=O)Cn1cnc2ccc(Br)cc2c1=O. The van der Waals surface area contributed by atoms with Crippen LogP contribution in [0.5, 0.6) is 0 Å². The van der Waals surface area contributed by atoms with Crippen LogP contribution in [0.25, 0.3) is 10.9 Å². The van der Waals surface area contributed by atoms with Gasteiger partial charge in [0.05, 0.1) is 17.2 Å². The third-order valence-corrected chi connectivity index (χ3v) is 5.25. The van der Waals surface area contributed by atoms with Gasteiger partial charge in [0.1, 0.15) is 6.54 Å². The molecule has 1 heterocycles. The van der Waals surface area contributed by atoms with Crippen LogP contribution in [0.2, 0.25) is 0 Å². The summed E-state index contributed by atoms with van der Waals surface area (Å²) in [5.74, 6) is -0.141. The van der Waals surface area contributed by atoms with Gasteiger partial charge in [-0.3, -0.25) is 14.2 Å². The van der Waals surface area contributed by atoms with Gasteiger partial charge >= 0.3 is 0 Å². The van der Waals surface area contributed by atoms with Gasteiger partial charge in [0.2, 0.25) is 5.91 Å². The Bertz CT molecular complexity index is 1070. The number of aromatic nitrogens is 2. The van der Waals surface area contributed by atoms with Crippen LogP contribution in [0.3, 0.4) is 0 Å². The highest BCUT2D eigenvalue weighted by atomic mass is 79.9. The number of carbonyl (C=O) groups is 1. The minimum Gasteiger partial charge on any atom is -0.340 e. The number of likely N-dealkylation sites (N-methyl/N-ethyl adjacent to an activating group) is 1. The molecule has 3 rings (SSSR count). The quantitative estimate of drug-likeness (QED) is 0.611. The normalized spacial score (nSPS) is 11.6. The molecule has 3 aromatic rings. The lowest BCUT2D eigenvalue weighted by Gasteiger charge is -2.21. The third kappa shape index (κ3) is 4.50. The molecule has 5 nitrogen and oxygen atoms in total. The van der Waals surface area contributed by atoms with Crippen molar-refractivity contribution in [3.8, 4) is 0 Å². The Morgan fingerprint density at radius 3 is 2.46 bits per heavy atom. The molecule has 6 heteroatoms. The summed E-state index contributed by atoms with van der Waals surface area (Å²) in [5.41, 5.74) is 2.80. The largest absolute Gasteiger partial charge is 0.340 e. The lowest BCUT2D eigenvalue weighted by molar-refractivity contribution is -0.131. The zero-order valence-corrected chi connectivity index (χ0v) is 18.2. The number of benzene rings is 2. The Labute approximate surface area is 173 Å². The van der Waals surface area contributed by atoms with Crippen LogP contribution in [0.1, 0.15) is 31.9 Å². The van der Waals surface area contributed by atoms with Crippen LogP contribution in [-0.2, 0) is 23.3 Å². The van der Waals surface area contributed by atoms with Gasteiger partial charge in [-0.25, -0.2) is 4.98 Å². The molecule has 0 saturated carbocycles. The van der Waals surface area contributed by atoms with Crippen molar-refractivity contribution in [1.82, 2.24) is 14.5 Å². The van der Waals surface area contributed by atoms with E-state index >= 15 is 0 Å². The fourth-order valence-corrected chi connectivity index (χ4v) is 3.34. The van der Waals surface area contributed by atoms with Crippen LogP contribution in [-0.4, -0.2) is 27.4 Å². The van der Waals surface area contributed by atoms with Gasteiger partial charge in [-0.15, -0.1) is 0 Å². The first-order valence-corrected chi connectivity index (χ1v) is 9.92. The van der Waals surface area contributed by atoms with Crippen molar-refractivity contribution < 1.29 is 4.79 Å². The van der Waals surface area contributed by atoms with Gasteiger partial charge in [-0.2, -0.15) is 0 Å². The maximum atomic E-state index is 12.7. The van der Waals surface area contributed by atoms with Gasteiger partial charge in [0.25, 0.3) is 5.56 Å². The minimum atomic E-state index is -0.220. The van der Waals surface area contributed by atoms with Gasteiger partial charge in [0, 0.05) is 18.1 Å². The maximum absolute atomic E-state index is 12.7. The number of fused-ring (bicyclic) bond motifs is 1. The summed E-state index contributed by atoms with van der Waals surface area (Å²) >= 11 is 3.37. The molecule has 0 spiro atoms. The van der Waals surface area contributed by atoms with Crippen molar-refractivity contribution in [3.63, 3.8) is 0 Å². The molecule has 0 aliphatic rings. The highest BCUT2D eigenvalue weighted by molar-refractivity contribution is 9.10. The first-order chi connectivity index (χ1) is 13.1. The predicted molar refractivity (Wildman–Crippen MR) is 115 cm³/mol. The fourth-order valence-electron chi connectivity index (χ4n) is 2.98. The number of nitrogens with zero attached hydrogens (tertiary/aromatic N) is 3. The van der Waals surface area contributed by atoms with E-state index in [9.17, 15) is 9.59 Å². The summed E-state index contributed by atoms with van der Waals surface area (Å²) in [4.78, 5) is 31.2. The number of hydrogen-bond donors (Lipinski definition) is 0. The highest BCUT2D eigenvalue weighted by Gasteiger charge is 2.15. The number of carbonyl (C=O) groups excluding carboxylic acids is 1. The van der Waals surface area contributed by atoms with Crippen molar-refractivity contribution in [3.05, 3.63) is 74.7 Å². The number of rotatable bonds is 4. The van der Waals surface area contributed by atoms with E-state index < -0.39 is 0 Å². The van der Waals surface area contributed by atoms with E-state index in [4.69, 9.17) is 0 Å². The van der Waals surface area contributed by atoms with Crippen molar-refractivity contribution in [2.24, 2.45) is 0 Å². The molecule has 0 radical (unpaired) electrons. The molecule has 0 aliphatic carbocycles. The van der Waals surface area contributed by atoms with Crippen molar-refractivity contribution in [2.75, 3.05) is 7.05 Å². The summed E-state index contributed by atoms with van der Waals surface area (Å²) in [6.45, 7) is 6.97. The molecule has 0 aliphatic heterocycles. The molecule has 0 fully saturated rings. The van der Waals surface area contributed by atoms with Crippen LogP contribution in [0.4, 0.5) is 0 Å². The van der Waals surface area contributed by atoms with Crippen LogP contribution in [0.15, 0.2) is 58.1 Å². The Kier molecular flexibility index (Phi) is 5.70. The standard InChI is InChI=1S/C22H24BrN3O2/c1-22(2,3)16-7-5-15(6-8-16)12-25(4)20(27)13-26-14-24-19-10-9-17(23)11-18(19)21(26)28/h5-11,14H,12-13H2,1-4H3. The van der Waals surface area contributed by atoms with E-state index in [0.29, 0.717) is 17.4 Å². The topological polar surface area (TPSA) is 55.2 Å². The second-order valence-electron chi connectivity index (χ2n) is 8.04. The first-order valence-electron chi connectivity index (χ1n) is 9.13. The Balaban J connectivity index is 1.73. The molecule has 0 unspecified atom stereocenters. The third-order valence-electron chi connectivity index (χ3n) is 4.76. The van der Waals surface area contributed by atoms with Crippen molar-refractivity contribution in [1.29, 1.82) is 0 Å². The van der Waals surface area contributed by atoms with E-state index in [1.807, 2.05) is 18.2 Å². The second-order valence-corrected chi connectivity index (χ2v) is 8.95. The van der Waals surface area contributed by atoms with Crippen molar-refractivity contribution >= 4 is 32.7 Å². The van der Waals surface area contributed by atoms with Gasteiger partial charge in [0.15, 0.2) is 0 Å².